The molecule has 0 radical (unpaired) electrons. The fourth-order valence-electron chi connectivity index (χ4n) is 2.22. The second-order valence-electron chi connectivity index (χ2n) is 4.60. The van der Waals surface area contributed by atoms with Crippen molar-refractivity contribution in [3.8, 4) is 0 Å². The Hall–Kier alpha value is -1.66. The zero-order valence-electron chi connectivity index (χ0n) is 10.6. The van der Waals surface area contributed by atoms with E-state index < -0.39 is 0 Å². The molecule has 100 valence electrons. The first-order valence-corrected chi connectivity index (χ1v) is 7.21. The maximum absolute atomic E-state index is 11.9. The maximum atomic E-state index is 11.9. The van der Waals surface area contributed by atoms with Crippen LogP contribution >= 0.6 is 11.3 Å². The van der Waals surface area contributed by atoms with E-state index in [-0.39, 0.29) is 5.91 Å². The molecule has 2 aromatic rings. The van der Waals surface area contributed by atoms with Gasteiger partial charge in [-0.1, -0.05) is 6.07 Å². The normalized spacial score (nSPS) is 15.2. The van der Waals surface area contributed by atoms with Gasteiger partial charge in [-0.2, -0.15) is 0 Å². The highest BCUT2D eigenvalue weighted by Gasteiger charge is 2.18. The summed E-state index contributed by atoms with van der Waals surface area (Å²) in [7, 11) is 0. The zero-order valence-corrected chi connectivity index (χ0v) is 11.4. The standard InChI is InChI=1S/C13H16N4OS/c18-13(15-8-11-2-1-7-19-11)10-16-5-6-17-4-3-14-12(17)9-16/h1-4,7H,5-6,8-10H2,(H,15,18). The largest absolute Gasteiger partial charge is 0.350 e. The first-order valence-electron chi connectivity index (χ1n) is 6.33. The Morgan fingerprint density at radius 2 is 2.42 bits per heavy atom. The van der Waals surface area contributed by atoms with Gasteiger partial charge in [0.1, 0.15) is 5.82 Å². The van der Waals surface area contributed by atoms with Gasteiger partial charge in [-0.05, 0) is 11.4 Å². The molecule has 1 aliphatic rings. The number of nitrogens with zero attached hydrogens (tertiary/aromatic N) is 3. The van der Waals surface area contributed by atoms with Crippen molar-refractivity contribution in [3.05, 3.63) is 40.6 Å². The second kappa shape index (κ2) is 5.54. The van der Waals surface area contributed by atoms with Crippen LogP contribution < -0.4 is 5.32 Å². The van der Waals surface area contributed by atoms with E-state index in [0.717, 1.165) is 25.5 Å². The summed E-state index contributed by atoms with van der Waals surface area (Å²) in [6, 6.07) is 4.03. The molecule has 0 aromatic carbocycles. The molecule has 1 aliphatic heterocycles. The zero-order chi connectivity index (χ0) is 13.1. The number of rotatable bonds is 4. The molecule has 0 atom stereocenters. The van der Waals surface area contributed by atoms with Crippen molar-refractivity contribution in [1.82, 2.24) is 19.8 Å². The van der Waals surface area contributed by atoms with Crippen molar-refractivity contribution < 1.29 is 4.79 Å². The molecular weight excluding hydrogens is 260 g/mol. The number of nitrogens with one attached hydrogen (secondary N) is 1. The minimum absolute atomic E-state index is 0.0772. The summed E-state index contributed by atoms with van der Waals surface area (Å²) < 4.78 is 2.14. The third kappa shape index (κ3) is 3.02. The second-order valence-corrected chi connectivity index (χ2v) is 5.64. The van der Waals surface area contributed by atoms with Gasteiger partial charge in [0, 0.05) is 30.4 Å². The fraction of sp³-hybridized carbons (Fsp3) is 0.385. The molecule has 0 fully saturated rings. The minimum atomic E-state index is 0.0772. The minimum Gasteiger partial charge on any atom is -0.350 e. The van der Waals surface area contributed by atoms with Crippen LogP contribution in [0.2, 0.25) is 0 Å². The highest BCUT2D eigenvalue weighted by molar-refractivity contribution is 7.09. The molecule has 0 bridgehead atoms. The van der Waals surface area contributed by atoms with E-state index >= 15 is 0 Å². The van der Waals surface area contributed by atoms with Crippen LogP contribution in [0.25, 0.3) is 0 Å². The van der Waals surface area contributed by atoms with E-state index in [4.69, 9.17) is 0 Å². The molecule has 5 nitrogen and oxygen atoms in total. The van der Waals surface area contributed by atoms with Gasteiger partial charge in [0.05, 0.1) is 19.6 Å². The van der Waals surface area contributed by atoms with Crippen LogP contribution in [-0.2, 0) is 24.4 Å². The van der Waals surface area contributed by atoms with E-state index in [0.29, 0.717) is 13.1 Å². The predicted molar refractivity (Wildman–Crippen MR) is 73.7 cm³/mol. The summed E-state index contributed by atoms with van der Waals surface area (Å²) in [4.78, 5) is 19.5. The molecule has 0 saturated heterocycles. The molecule has 0 spiro atoms. The SMILES string of the molecule is O=C(CN1CCn2ccnc2C1)NCc1cccs1. The molecule has 1 amide bonds. The number of aromatic nitrogens is 2. The van der Waals surface area contributed by atoms with Crippen molar-refractivity contribution in [3.63, 3.8) is 0 Å². The van der Waals surface area contributed by atoms with Crippen molar-refractivity contribution >= 4 is 17.2 Å². The molecule has 3 rings (SSSR count). The number of hydrogen-bond donors (Lipinski definition) is 1. The van der Waals surface area contributed by atoms with Crippen LogP contribution in [0, 0.1) is 0 Å². The third-order valence-corrected chi connectivity index (χ3v) is 4.11. The molecular formula is C13H16N4OS. The lowest BCUT2D eigenvalue weighted by Crippen LogP contribution is -2.41. The van der Waals surface area contributed by atoms with Crippen molar-refractivity contribution in [2.75, 3.05) is 13.1 Å². The summed E-state index contributed by atoms with van der Waals surface area (Å²) in [5.41, 5.74) is 0. The Morgan fingerprint density at radius 1 is 1.47 bits per heavy atom. The Morgan fingerprint density at radius 3 is 3.26 bits per heavy atom. The number of amides is 1. The number of thiophene rings is 1. The summed E-state index contributed by atoms with van der Waals surface area (Å²) in [5, 5.41) is 4.97. The van der Waals surface area contributed by atoms with Crippen LogP contribution in [0.3, 0.4) is 0 Å². The Kier molecular flexibility index (Phi) is 3.61. The number of carbonyl (C=O) groups is 1. The van der Waals surface area contributed by atoms with E-state index in [1.807, 2.05) is 29.9 Å². The van der Waals surface area contributed by atoms with Crippen LogP contribution in [0.5, 0.6) is 0 Å². The average molecular weight is 276 g/mol. The lowest BCUT2D eigenvalue weighted by atomic mass is 10.3. The van der Waals surface area contributed by atoms with Gasteiger partial charge in [-0.15, -0.1) is 11.3 Å². The topological polar surface area (TPSA) is 50.2 Å². The monoisotopic (exact) mass is 276 g/mol. The first kappa shape index (κ1) is 12.4. The highest BCUT2D eigenvalue weighted by atomic mass is 32.1. The Labute approximate surface area is 115 Å². The van der Waals surface area contributed by atoms with Crippen molar-refractivity contribution in [2.24, 2.45) is 0 Å². The summed E-state index contributed by atoms with van der Waals surface area (Å²) in [5.74, 6) is 1.12. The van der Waals surface area contributed by atoms with Gasteiger partial charge in [0.25, 0.3) is 0 Å². The smallest absolute Gasteiger partial charge is 0.234 e. The van der Waals surface area contributed by atoms with E-state index in [1.54, 1.807) is 11.3 Å². The van der Waals surface area contributed by atoms with Crippen LogP contribution in [-0.4, -0.2) is 33.4 Å². The van der Waals surface area contributed by atoms with Crippen molar-refractivity contribution in [2.45, 2.75) is 19.6 Å². The van der Waals surface area contributed by atoms with Crippen LogP contribution in [0.1, 0.15) is 10.7 Å². The Balaban J connectivity index is 1.48. The van der Waals surface area contributed by atoms with E-state index in [9.17, 15) is 4.79 Å². The molecule has 0 aliphatic carbocycles. The molecule has 1 N–H and O–H groups in total. The van der Waals surface area contributed by atoms with E-state index in [2.05, 4.69) is 19.8 Å². The molecule has 0 saturated carbocycles. The maximum Gasteiger partial charge on any atom is 0.234 e. The molecule has 6 heteroatoms. The molecule has 19 heavy (non-hydrogen) atoms. The summed E-state index contributed by atoms with van der Waals surface area (Å²) in [6.45, 7) is 3.62. The van der Waals surface area contributed by atoms with E-state index in [1.165, 1.54) is 4.88 Å². The predicted octanol–water partition coefficient (Wildman–Crippen LogP) is 1.08. The van der Waals surface area contributed by atoms with Crippen molar-refractivity contribution in [1.29, 1.82) is 0 Å². The van der Waals surface area contributed by atoms with Gasteiger partial charge in [-0.3, -0.25) is 9.69 Å². The number of fused-ring (bicyclic) bond motifs is 1. The van der Waals surface area contributed by atoms with Crippen LogP contribution in [0.4, 0.5) is 0 Å². The van der Waals surface area contributed by atoms with Gasteiger partial charge >= 0.3 is 0 Å². The summed E-state index contributed by atoms with van der Waals surface area (Å²) >= 11 is 1.66. The lowest BCUT2D eigenvalue weighted by Gasteiger charge is -2.26. The van der Waals surface area contributed by atoms with Gasteiger partial charge < -0.3 is 9.88 Å². The van der Waals surface area contributed by atoms with Gasteiger partial charge in [-0.25, -0.2) is 4.98 Å². The molecule has 3 heterocycles. The third-order valence-electron chi connectivity index (χ3n) is 3.23. The molecule has 0 unspecified atom stereocenters. The summed E-state index contributed by atoms with van der Waals surface area (Å²) in [6.07, 6.45) is 3.80. The fourth-order valence-corrected chi connectivity index (χ4v) is 2.86. The van der Waals surface area contributed by atoms with Gasteiger partial charge in [0.15, 0.2) is 0 Å². The number of carbonyl (C=O) groups excluding carboxylic acids is 1. The highest BCUT2D eigenvalue weighted by Crippen LogP contribution is 2.10. The first-order chi connectivity index (χ1) is 9.31. The van der Waals surface area contributed by atoms with Crippen LogP contribution in [0.15, 0.2) is 29.9 Å². The number of hydrogen-bond acceptors (Lipinski definition) is 4. The lowest BCUT2D eigenvalue weighted by molar-refractivity contribution is -0.122. The quantitative estimate of drug-likeness (QED) is 0.909. The number of imidazole rings is 1. The average Bonchev–Trinajstić information content (AvgIpc) is 3.07. The van der Waals surface area contributed by atoms with Gasteiger partial charge in [0.2, 0.25) is 5.91 Å². The molecule has 2 aromatic heterocycles. The Bertz CT molecular complexity index is 549.